The van der Waals surface area contributed by atoms with Crippen molar-refractivity contribution >= 4 is 0 Å². The summed E-state index contributed by atoms with van der Waals surface area (Å²) in [4.78, 5) is 0. The smallest absolute Gasteiger partial charge is 0.0914 e. The van der Waals surface area contributed by atoms with Gasteiger partial charge in [-0.05, 0) is 11.1 Å². The highest BCUT2D eigenvalue weighted by molar-refractivity contribution is 5.18. The summed E-state index contributed by atoms with van der Waals surface area (Å²) in [6.07, 6.45) is 3.41. The van der Waals surface area contributed by atoms with E-state index in [-0.39, 0.29) is 0 Å². The Hall–Kier alpha value is -2.43. The molecule has 2 N–H and O–H groups in total. The Morgan fingerprint density at radius 2 is 1.65 bits per heavy atom. The summed E-state index contributed by atoms with van der Waals surface area (Å²) in [6.45, 7) is 1.99. The highest BCUT2D eigenvalue weighted by atomic mass is 16.3. The molecule has 0 amide bonds. The van der Waals surface area contributed by atoms with Gasteiger partial charge in [-0.15, -0.1) is 0 Å². The molecule has 0 bridgehead atoms. The molecule has 4 heteroatoms. The predicted molar refractivity (Wildman–Crippen MR) is 90.9 cm³/mol. The minimum Gasteiger partial charge on any atom is -0.387 e. The topological polar surface area (TPSA) is 50.1 Å². The molecule has 1 heterocycles. The van der Waals surface area contributed by atoms with Crippen molar-refractivity contribution in [3.63, 3.8) is 0 Å². The quantitative estimate of drug-likeness (QED) is 0.705. The third kappa shape index (κ3) is 4.52. The van der Waals surface area contributed by atoms with Gasteiger partial charge in [0.2, 0.25) is 0 Å². The SMILES string of the molecule is OC(CNCc1cnn(Cc2ccccc2)c1)c1ccccc1. The average Bonchev–Trinajstić information content (AvgIpc) is 3.04. The normalized spacial score (nSPS) is 12.2. The first-order valence-corrected chi connectivity index (χ1v) is 7.80. The number of hydrogen-bond donors (Lipinski definition) is 2. The molecular weight excluding hydrogens is 286 g/mol. The zero-order valence-electron chi connectivity index (χ0n) is 13.0. The fourth-order valence-electron chi connectivity index (χ4n) is 2.50. The van der Waals surface area contributed by atoms with Crippen LogP contribution in [0.25, 0.3) is 0 Å². The first-order valence-electron chi connectivity index (χ1n) is 7.80. The fraction of sp³-hybridized carbons (Fsp3) is 0.211. The lowest BCUT2D eigenvalue weighted by Gasteiger charge is -2.11. The molecule has 0 fully saturated rings. The lowest BCUT2D eigenvalue weighted by atomic mass is 10.1. The van der Waals surface area contributed by atoms with E-state index in [2.05, 4.69) is 22.5 Å². The minimum absolute atomic E-state index is 0.490. The molecule has 0 aliphatic rings. The van der Waals surface area contributed by atoms with Gasteiger partial charge in [-0.2, -0.15) is 5.10 Å². The summed E-state index contributed by atoms with van der Waals surface area (Å²) in [6, 6.07) is 20.0. The second-order valence-electron chi connectivity index (χ2n) is 5.59. The van der Waals surface area contributed by atoms with Crippen molar-refractivity contribution in [2.24, 2.45) is 0 Å². The standard InChI is InChI=1S/C19H21N3O/c23-19(18-9-5-2-6-10-18)13-20-11-17-12-21-22(15-17)14-16-7-3-1-4-8-16/h1-10,12,15,19-20,23H,11,13-14H2. The van der Waals surface area contributed by atoms with E-state index in [0.29, 0.717) is 13.1 Å². The summed E-state index contributed by atoms with van der Waals surface area (Å²) in [5.41, 5.74) is 3.27. The molecule has 1 aromatic heterocycles. The van der Waals surface area contributed by atoms with E-state index in [4.69, 9.17) is 0 Å². The van der Waals surface area contributed by atoms with Crippen LogP contribution in [0, 0.1) is 0 Å². The molecule has 0 radical (unpaired) electrons. The van der Waals surface area contributed by atoms with Gasteiger partial charge in [0.15, 0.2) is 0 Å². The molecule has 1 unspecified atom stereocenters. The van der Waals surface area contributed by atoms with Gasteiger partial charge >= 0.3 is 0 Å². The second-order valence-corrected chi connectivity index (χ2v) is 5.59. The molecule has 3 rings (SSSR count). The van der Waals surface area contributed by atoms with E-state index in [1.54, 1.807) is 0 Å². The van der Waals surface area contributed by atoms with Crippen molar-refractivity contribution in [1.29, 1.82) is 0 Å². The maximum Gasteiger partial charge on any atom is 0.0914 e. The Bertz CT molecular complexity index is 710. The molecule has 0 saturated carbocycles. The zero-order chi connectivity index (χ0) is 15.9. The van der Waals surface area contributed by atoms with E-state index >= 15 is 0 Å². The molecule has 118 valence electrons. The van der Waals surface area contributed by atoms with Gasteiger partial charge in [0, 0.05) is 24.8 Å². The molecule has 0 aliphatic carbocycles. The largest absolute Gasteiger partial charge is 0.387 e. The van der Waals surface area contributed by atoms with Gasteiger partial charge in [-0.25, -0.2) is 0 Å². The fourth-order valence-corrected chi connectivity index (χ4v) is 2.50. The van der Waals surface area contributed by atoms with Crippen LogP contribution in [-0.4, -0.2) is 21.4 Å². The minimum atomic E-state index is -0.490. The summed E-state index contributed by atoms with van der Waals surface area (Å²) in [7, 11) is 0. The number of benzene rings is 2. The van der Waals surface area contributed by atoms with Crippen molar-refractivity contribution in [2.45, 2.75) is 19.2 Å². The third-order valence-corrected chi connectivity index (χ3v) is 3.73. The highest BCUT2D eigenvalue weighted by Gasteiger charge is 2.06. The maximum absolute atomic E-state index is 10.1. The molecule has 23 heavy (non-hydrogen) atoms. The second kappa shape index (κ2) is 7.72. The first kappa shape index (κ1) is 15.5. The van der Waals surface area contributed by atoms with Gasteiger partial charge in [0.05, 0.1) is 18.8 Å². The molecule has 2 aromatic carbocycles. The Morgan fingerprint density at radius 1 is 0.957 bits per heavy atom. The Kier molecular flexibility index (Phi) is 5.19. The van der Waals surface area contributed by atoms with Crippen LogP contribution in [0.4, 0.5) is 0 Å². The molecule has 0 aliphatic heterocycles. The van der Waals surface area contributed by atoms with Crippen LogP contribution in [0.5, 0.6) is 0 Å². The number of hydrogen-bond acceptors (Lipinski definition) is 3. The van der Waals surface area contributed by atoms with Gasteiger partial charge in [0.25, 0.3) is 0 Å². The van der Waals surface area contributed by atoms with Crippen molar-refractivity contribution in [2.75, 3.05) is 6.54 Å². The predicted octanol–water partition coefficient (Wildman–Crippen LogP) is 2.75. The van der Waals surface area contributed by atoms with Crippen molar-refractivity contribution in [3.8, 4) is 0 Å². The maximum atomic E-state index is 10.1. The summed E-state index contributed by atoms with van der Waals surface area (Å²) >= 11 is 0. The lowest BCUT2D eigenvalue weighted by Crippen LogP contribution is -2.20. The third-order valence-electron chi connectivity index (χ3n) is 3.73. The number of rotatable bonds is 7. The zero-order valence-corrected chi connectivity index (χ0v) is 13.0. The number of aliphatic hydroxyl groups excluding tert-OH is 1. The van der Waals surface area contributed by atoms with Crippen LogP contribution in [-0.2, 0) is 13.1 Å². The molecule has 1 atom stereocenters. The average molecular weight is 307 g/mol. The van der Waals surface area contributed by atoms with Crippen LogP contribution in [0.15, 0.2) is 73.1 Å². The number of nitrogens with one attached hydrogen (secondary N) is 1. The van der Waals surface area contributed by atoms with Gasteiger partial charge in [0.1, 0.15) is 0 Å². The van der Waals surface area contributed by atoms with Gasteiger partial charge < -0.3 is 10.4 Å². The lowest BCUT2D eigenvalue weighted by molar-refractivity contribution is 0.174. The molecule has 0 saturated heterocycles. The van der Waals surface area contributed by atoms with Crippen LogP contribution in [0.3, 0.4) is 0 Å². The van der Waals surface area contributed by atoms with Gasteiger partial charge in [-0.3, -0.25) is 4.68 Å². The number of aliphatic hydroxyl groups is 1. The first-order chi connectivity index (χ1) is 11.3. The van der Waals surface area contributed by atoms with Crippen LogP contribution < -0.4 is 5.32 Å². The van der Waals surface area contributed by atoms with Gasteiger partial charge in [-0.1, -0.05) is 60.7 Å². The summed E-state index contributed by atoms with van der Waals surface area (Å²) in [5.74, 6) is 0. The van der Waals surface area contributed by atoms with Crippen LogP contribution in [0.1, 0.15) is 22.8 Å². The molecule has 4 nitrogen and oxygen atoms in total. The van der Waals surface area contributed by atoms with E-state index in [1.807, 2.05) is 65.6 Å². The molecule has 3 aromatic rings. The van der Waals surface area contributed by atoms with E-state index in [0.717, 1.165) is 17.7 Å². The monoisotopic (exact) mass is 307 g/mol. The van der Waals surface area contributed by atoms with Crippen molar-refractivity contribution in [3.05, 3.63) is 89.7 Å². The van der Waals surface area contributed by atoms with E-state index in [1.165, 1.54) is 5.56 Å². The summed E-state index contributed by atoms with van der Waals surface area (Å²) < 4.78 is 1.93. The van der Waals surface area contributed by atoms with Crippen LogP contribution >= 0.6 is 0 Å². The Labute approximate surface area is 136 Å². The van der Waals surface area contributed by atoms with Crippen molar-refractivity contribution in [1.82, 2.24) is 15.1 Å². The van der Waals surface area contributed by atoms with Crippen LogP contribution in [0.2, 0.25) is 0 Å². The Morgan fingerprint density at radius 3 is 2.39 bits per heavy atom. The molecule has 0 spiro atoms. The molecular formula is C19H21N3O. The van der Waals surface area contributed by atoms with E-state index < -0.39 is 6.10 Å². The number of aromatic nitrogens is 2. The highest BCUT2D eigenvalue weighted by Crippen LogP contribution is 2.11. The van der Waals surface area contributed by atoms with E-state index in [9.17, 15) is 5.11 Å². The number of nitrogens with zero attached hydrogens (tertiary/aromatic N) is 2. The van der Waals surface area contributed by atoms with Crippen molar-refractivity contribution < 1.29 is 5.11 Å². The summed E-state index contributed by atoms with van der Waals surface area (Å²) in [5, 5.41) is 17.8. The Balaban J connectivity index is 1.48.